The summed E-state index contributed by atoms with van der Waals surface area (Å²) in [6.45, 7) is 0. The van der Waals surface area contributed by atoms with Crippen molar-refractivity contribution < 1.29 is 4.42 Å². The Hall–Kier alpha value is -6.12. The monoisotopic (exact) mass is 684 g/mol. The minimum Gasteiger partial charge on any atom is -0.456 e. The molecule has 6 aromatic carbocycles. The predicted octanol–water partition coefficient (Wildman–Crippen LogP) is 11.9. The van der Waals surface area contributed by atoms with Crippen LogP contribution in [0.4, 0.5) is 0 Å². The third kappa shape index (κ3) is 4.93. The number of fused-ring (bicyclic) bond motifs is 4. The van der Waals surface area contributed by atoms with Gasteiger partial charge in [-0.15, -0.1) is 0 Å². The highest BCUT2D eigenvalue weighted by molar-refractivity contribution is 6.12. The van der Waals surface area contributed by atoms with Crippen molar-refractivity contribution in [2.75, 3.05) is 0 Å². The number of benzene rings is 6. The first-order valence-corrected chi connectivity index (χ1v) is 18.9. The van der Waals surface area contributed by atoms with E-state index in [1.54, 1.807) is 0 Å². The fourth-order valence-electron chi connectivity index (χ4n) is 10.6. The van der Waals surface area contributed by atoms with Gasteiger partial charge >= 0.3 is 0 Å². The van der Waals surface area contributed by atoms with Gasteiger partial charge in [0.25, 0.3) is 0 Å². The molecule has 4 aliphatic carbocycles. The minimum atomic E-state index is 0.367. The van der Waals surface area contributed by atoms with E-state index in [1.165, 1.54) is 49.7 Å². The largest absolute Gasteiger partial charge is 0.456 e. The number of hydrogen-bond donors (Lipinski definition) is 0. The Balaban J connectivity index is 1.06. The second kappa shape index (κ2) is 11.7. The van der Waals surface area contributed by atoms with Crippen molar-refractivity contribution in [1.29, 1.82) is 5.26 Å². The van der Waals surface area contributed by atoms with Gasteiger partial charge in [-0.2, -0.15) is 5.26 Å². The van der Waals surface area contributed by atoms with E-state index >= 15 is 0 Å². The Morgan fingerprint density at radius 1 is 0.528 bits per heavy atom. The molecule has 4 fully saturated rings. The zero-order valence-electron chi connectivity index (χ0n) is 29.3. The van der Waals surface area contributed by atoms with Gasteiger partial charge in [0.05, 0.1) is 11.6 Å². The molecule has 5 heteroatoms. The molecule has 53 heavy (non-hydrogen) atoms. The summed E-state index contributed by atoms with van der Waals surface area (Å²) in [4.78, 5) is 15.4. The lowest BCUT2D eigenvalue weighted by Gasteiger charge is -2.57. The number of aromatic nitrogens is 3. The molecule has 5 nitrogen and oxygen atoms in total. The van der Waals surface area contributed by atoms with Gasteiger partial charge < -0.3 is 4.42 Å². The zero-order chi connectivity index (χ0) is 35.1. The van der Waals surface area contributed by atoms with E-state index in [2.05, 4.69) is 60.7 Å². The molecular formula is C48H36N4O. The van der Waals surface area contributed by atoms with Crippen LogP contribution in [0.2, 0.25) is 0 Å². The zero-order valence-corrected chi connectivity index (χ0v) is 29.3. The fourth-order valence-corrected chi connectivity index (χ4v) is 10.6. The molecule has 0 atom stereocenters. The third-order valence-corrected chi connectivity index (χ3v) is 12.6. The molecule has 2 aromatic heterocycles. The average molecular weight is 685 g/mol. The fraction of sp³-hybridized carbons (Fsp3) is 0.208. The second-order valence-corrected chi connectivity index (χ2v) is 15.8. The van der Waals surface area contributed by atoms with Crippen molar-refractivity contribution in [2.45, 2.75) is 43.9 Å². The summed E-state index contributed by atoms with van der Waals surface area (Å²) in [5.41, 5.74) is 9.05. The first-order valence-electron chi connectivity index (χ1n) is 18.9. The number of furan rings is 1. The SMILES string of the molecule is N#Cc1ccc(-c2nc(-c3ccccc3)nc(-c3cccc4oc5ccccc5c34)n2)c2cc(-c3ccc(C45C[C@H]6C[C@@H](C4)C[C@@H](C5)C6)cc3)ccc12. The van der Waals surface area contributed by atoms with Crippen LogP contribution in [-0.4, -0.2) is 15.0 Å². The second-order valence-electron chi connectivity index (χ2n) is 15.8. The maximum Gasteiger partial charge on any atom is 0.164 e. The topological polar surface area (TPSA) is 75.6 Å². The molecule has 4 saturated carbocycles. The first kappa shape index (κ1) is 30.5. The van der Waals surface area contributed by atoms with Crippen molar-refractivity contribution in [3.8, 4) is 51.4 Å². The summed E-state index contributed by atoms with van der Waals surface area (Å²) in [6, 6.07) is 46.3. The molecule has 12 rings (SSSR count). The van der Waals surface area contributed by atoms with Crippen molar-refractivity contribution in [3.63, 3.8) is 0 Å². The quantitative estimate of drug-likeness (QED) is 0.180. The molecule has 254 valence electrons. The number of nitrogens with zero attached hydrogens (tertiary/aromatic N) is 4. The molecule has 0 N–H and O–H groups in total. The lowest BCUT2D eigenvalue weighted by atomic mass is 9.48. The predicted molar refractivity (Wildman–Crippen MR) is 211 cm³/mol. The molecule has 0 radical (unpaired) electrons. The Bertz CT molecular complexity index is 2740. The maximum atomic E-state index is 10.2. The molecule has 0 saturated heterocycles. The number of nitriles is 1. The smallest absolute Gasteiger partial charge is 0.164 e. The van der Waals surface area contributed by atoms with Gasteiger partial charge in [-0.05, 0) is 114 Å². The molecule has 4 aliphatic rings. The average Bonchev–Trinajstić information content (AvgIpc) is 3.59. The molecule has 0 amide bonds. The van der Waals surface area contributed by atoms with Gasteiger partial charge in [0.2, 0.25) is 0 Å². The molecular weight excluding hydrogens is 649 g/mol. The van der Waals surface area contributed by atoms with Crippen LogP contribution in [0.1, 0.15) is 49.7 Å². The van der Waals surface area contributed by atoms with E-state index in [4.69, 9.17) is 19.4 Å². The molecule has 4 bridgehead atoms. The molecule has 0 spiro atoms. The summed E-state index contributed by atoms with van der Waals surface area (Å²) in [5, 5.41) is 14.0. The lowest BCUT2D eigenvalue weighted by molar-refractivity contribution is -0.00518. The van der Waals surface area contributed by atoms with Crippen molar-refractivity contribution in [1.82, 2.24) is 15.0 Å². The molecule has 0 aliphatic heterocycles. The van der Waals surface area contributed by atoms with Gasteiger partial charge in [-0.3, -0.25) is 0 Å². The normalized spacial score (nSPS) is 21.8. The van der Waals surface area contributed by atoms with Crippen LogP contribution in [-0.2, 0) is 5.41 Å². The van der Waals surface area contributed by atoms with Crippen LogP contribution < -0.4 is 0 Å². The first-order chi connectivity index (χ1) is 26.1. The Labute approximate surface area is 308 Å². The van der Waals surface area contributed by atoms with Crippen molar-refractivity contribution in [2.24, 2.45) is 17.8 Å². The van der Waals surface area contributed by atoms with Gasteiger partial charge in [0.15, 0.2) is 17.5 Å². The van der Waals surface area contributed by atoms with Crippen LogP contribution in [0.3, 0.4) is 0 Å². The van der Waals surface area contributed by atoms with Gasteiger partial charge in [0, 0.05) is 32.8 Å². The highest BCUT2D eigenvalue weighted by Crippen LogP contribution is 2.60. The van der Waals surface area contributed by atoms with Gasteiger partial charge in [0.1, 0.15) is 11.2 Å². The van der Waals surface area contributed by atoms with E-state index in [0.29, 0.717) is 28.5 Å². The molecule has 0 unspecified atom stereocenters. The van der Waals surface area contributed by atoms with E-state index in [1.807, 2.05) is 72.8 Å². The summed E-state index contributed by atoms with van der Waals surface area (Å²) in [5.74, 6) is 4.46. The standard InChI is InChI=1S/C48H36N4O/c49-28-35-16-20-38(41-24-34(15-19-37(35)41)32-13-17-36(18-14-32)48-25-29-21-30(26-48)23-31(22-29)27-48)46-50-45(33-7-2-1-3-8-33)51-47(52-46)40-10-6-12-43-44(40)39-9-4-5-11-42(39)53-43/h1-20,24,29-31H,21-23,25-27H2/t29-,30+,31-,48?. The van der Waals surface area contributed by atoms with E-state index in [0.717, 1.165) is 72.7 Å². The Morgan fingerprint density at radius 2 is 1.19 bits per heavy atom. The highest BCUT2D eigenvalue weighted by atomic mass is 16.3. The number of para-hydroxylation sites is 1. The van der Waals surface area contributed by atoms with E-state index in [-0.39, 0.29) is 0 Å². The van der Waals surface area contributed by atoms with Crippen LogP contribution >= 0.6 is 0 Å². The summed E-state index contributed by atoms with van der Waals surface area (Å²) >= 11 is 0. The van der Waals surface area contributed by atoms with E-state index in [9.17, 15) is 5.26 Å². The Morgan fingerprint density at radius 3 is 1.94 bits per heavy atom. The summed E-state index contributed by atoms with van der Waals surface area (Å²) in [6.07, 6.45) is 8.43. The van der Waals surface area contributed by atoms with Gasteiger partial charge in [-0.1, -0.05) is 97.1 Å². The lowest BCUT2D eigenvalue weighted by Crippen LogP contribution is -2.48. The minimum absolute atomic E-state index is 0.367. The van der Waals surface area contributed by atoms with Gasteiger partial charge in [-0.25, -0.2) is 15.0 Å². The van der Waals surface area contributed by atoms with Crippen molar-refractivity contribution in [3.05, 3.63) is 139 Å². The van der Waals surface area contributed by atoms with Crippen LogP contribution in [0, 0.1) is 29.1 Å². The van der Waals surface area contributed by atoms with Crippen LogP contribution in [0.5, 0.6) is 0 Å². The Kier molecular flexibility index (Phi) is 6.73. The van der Waals surface area contributed by atoms with Crippen LogP contribution in [0.25, 0.3) is 78.0 Å². The number of rotatable bonds is 5. The summed E-state index contributed by atoms with van der Waals surface area (Å²) in [7, 11) is 0. The highest BCUT2D eigenvalue weighted by Gasteiger charge is 2.51. The molecule has 8 aromatic rings. The summed E-state index contributed by atoms with van der Waals surface area (Å²) < 4.78 is 6.25. The molecule has 2 heterocycles. The number of hydrogen-bond acceptors (Lipinski definition) is 5. The third-order valence-electron chi connectivity index (χ3n) is 12.6. The van der Waals surface area contributed by atoms with Crippen molar-refractivity contribution >= 4 is 32.7 Å². The van der Waals surface area contributed by atoms with Crippen LogP contribution in [0.15, 0.2) is 132 Å². The maximum absolute atomic E-state index is 10.2. The van der Waals surface area contributed by atoms with E-state index < -0.39 is 0 Å².